The lowest BCUT2D eigenvalue weighted by atomic mass is 10.2. The van der Waals surface area contributed by atoms with Gasteiger partial charge in [-0.25, -0.2) is 4.98 Å². The number of alkyl halides is 1. The molecule has 0 atom stereocenters. The van der Waals surface area contributed by atoms with Crippen LogP contribution in [0.5, 0.6) is 5.75 Å². The zero-order valence-corrected chi connectivity index (χ0v) is 13.9. The number of hydrogen-bond donors (Lipinski definition) is 0. The Morgan fingerprint density at radius 1 is 1.29 bits per heavy atom. The fourth-order valence-electron chi connectivity index (χ4n) is 2.50. The summed E-state index contributed by atoms with van der Waals surface area (Å²) in [6.07, 6.45) is 3.11. The molecule has 0 spiro atoms. The summed E-state index contributed by atoms with van der Waals surface area (Å²) in [6, 6.07) is 6.03. The van der Waals surface area contributed by atoms with Crippen LogP contribution in [0.25, 0.3) is 11.0 Å². The number of benzene rings is 1. The van der Waals surface area contributed by atoms with Gasteiger partial charge in [-0.3, -0.25) is 0 Å². The first-order valence-electron chi connectivity index (χ1n) is 7.39. The monoisotopic (exact) mass is 309 g/mol. The Bertz CT molecular complexity index is 580. The van der Waals surface area contributed by atoms with Crippen LogP contribution in [-0.2, 0) is 13.0 Å². The molecule has 0 amide bonds. The van der Waals surface area contributed by atoms with Crippen LogP contribution in [0.3, 0.4) is 0 Å². The van der Waals surface area contributed by atoms with Crippen LogP contribution in [0, 0.1) is 0 Å². The molecule has 0 unspecified atom stereocenters. The van der Waals surface area contributed by atoms with E-state index in [0.29, 0.717) is 5.88 Å². The molecule has 1 aromatic carbocycles. The lowest BCUT2D eigenvalue weighted by molar-refractivity contribution is 0.387. The third-order valence-electron chi connectivity index (χ3n) is 3.59. The Hall–Kier alpha value is -1.26. The number of rotatable bonds is 8. The molecule has 2 aromatic rings. The zero-order valence-electron chi connectivity index (χ0n) is 13.1. The second-order valence-corrected chi connectivity index (χ2v) is 5.86. The van der Waals surface area contributed by atoms with Gasteiger partial charge in [-0.15, -0.1) is 11.6 Å². The summed E-state index contributed by atoms with van der Waals surface area (Å²) in [4.78, 5) is 6.92. The van der Waals surface area contributed by atoms with Crippen molar-refractivity contribution in [1.29, 1.82) is 0 Å². The van der Waals surface area contributed by atoms with Crippen molar-refractivity contribution in [2.75, 3.05) is 33.6 Å². The largest absolute Gasteiger partial charge is 0.497 e. The number of nitrogens with zero attached hydrogens (tertiary/aromatic N) is 3. The molecule has 0 aliphatic heterocycles. The van der Waals surface area contributed by atoms with Crippen LogP contribution in [-0.4, -0.2) is 48.1 Å². The van der Waals surface area contributed by atoms with Gasteiger partial charge < -0.3 is 14.2 Å². The molecule has 4 nitrogen and oxygen atoms in total. The molecule has 1 heterocycles. The second-order valence-electron chi connectivity index (χ2n) is 5.48. The SMILES string of the molecule is COc1ccc2nc(CCCl)n(CCCCN(C)C)c2c1. The highest BCUT2D eigenvalue weighted by atomic mass is 35.5. The van der Waals surface area contributed by atoms with Crippen LogP contribution < -0.4 is 4.74 Å². The summed E-state index contributed by atoms with van der Waals surface area (Å²) in [6.45, 7) is 2.09. The third-order valence-corrected chi connectivity index (χ3v) is 3.78. The Morgan fingerprint density at radius 3 is 2.76 bits per heavy atom. The summed E-state index contributed by atoms with van der Waals surface area (Å²) >= 11 is 5.91. The first kappa shape index (κ1) is 16.1. The predicted octanol–water partition coefficient (Wildman–Crippen LogP) is 3.17. The predicted molar refractivity (Wildman–Crippen MR) is 88.5 cm³/mol. The van der Waals surface area contributed by atoms with Gasteiger partial charge in [0, 0.05) is 24.9 Å². The minimum Gasteiger partial charge on any atom is -0.497 e. The maximum atomic E-state index is 5.91. The van der Waals surface area contributed by atoms with Gasteiger partial charge in [0.25, 0.3) is 0 Å². The van der Waals surface area contributed by atoms with Gasteiger partial charge in [-0.2, -0.15) is 0 Å². The van der Waals surface area contributed by atoms with E-state index >= 15 is 0 Å². The molecular weight excluding hydrogens is 286 g/mol. The summed E-state index contributed by atoms with van der Waals surface area (Å²) < 4.78 is 7.62. The molecule has 0 fully saturated rings. The molecule has 0 aliphatic rings. The van der Waals surface area contributed by atoms with E-state index in [2.05, 4.69) is 29.6 Å². The summed E-state index contributed by atoms with van der Waals surface area (Å²) in [7, 11) is 5.91. The number of unbranched alkanes of at least 4 members (excludes halogenated alkanes) is 1. The summed E-state index contributed by atoms with van der Waals surface area (Å²) in [5.74, 6) is 2.53. The summed E-state index contributed by atoms with van der Waals surface area (Å²) in [5, 5.41) is 0. The van der Waals surface area contributed by atoms with E-state index in [1.807, 2.05) is 12.1 Å². The van der Waals surface area contributed by atoms with Gasteiger partial charge in [-0.1, -0.05) is 0 Å². The Labute approximate surface area is 131 Å². The van der Waals surface area contributed by atoms with Crippen molar-refractivity contribution in [2.24, 2.45) is 0 Å². The van der Waals surface area contributed by atoms with Crippen LogP contribution in [0.4, 0.5) is 0 Å². The first-order chi connectivity index (χ1) is 10.2. The number of halogens is 1. The molecule has 5 heteroatoms. The standard InChI is InChI=1S/C16H24ClN3O/c1-19(2)10-4-5-11-20-15-12-13(21-3)6-7-14(15)18-16(20)8-9-17/h6-7,12H,4-5,8-11H2,1-3H3. The van der Waals surface area contributed by atoms with E-state index in [-0.39, 0.29) is 0 Å². The van der Waals surface area contributed by atoms with E-state index in [9.17, 15) is 0 Å². The Balaban J connectivity index is 2.22. The van der Waals surface area contributed by atoms with Gasteiger partial charge in [0.05, 0.1) is 18.1 Å². The highest BCUT2D eigenvalue weighted by Crippen LogP contribution is 2.23. The Kier molecular flexibility index (Phi) is 5.88. The van der Waals surface area contributed by atoms with Gasteiger partial charge in [0.1, 0.15) is 11.6 Å². The van der Waals surface area contributed by atoms with Crippen molar-refractivity contribution >= 4 is 22.6 Å². The van der Waals surface area contributed by atoms with Crippen LogP contribution in [0.1, 0.15) is 18.7 Å². The van der Waals surface area contributed by atoms with Crippen LogP contribution >= 0.6 is 11.6 Å². The average Bonchev–Trinajstić information content (AvgIpc) is 2.80. The summed E-state index contributed by atoms with van der Waals surface area (Å²) in [5.41, 5.74) is 2.16. The molecule has 21 heavy (non-hydrogen) atoms. The number of methoxy groups -OCH3 is 1. The number of ether oxygens (including phenoxy) is 1. The van der Waals surface area contributed by atoms with Gasteiger partial charge >= 0.3 is 0 Å². The van der Waals surface area contributed by atoms with E-state index in [0.717, 1.165) is 48.5 Å². The van der Waals surface area contributed by atoms with Crippen molar-refractivity contribution < 1.29 is 4.74 Å². The Morgan fingerprint density at radius 2 is 2.10 bits per heavy atom. The lowest BCUT2D eigenvalue weighted by Crippen LogP contribution is -2.14. The van der Waals surface area contributed by atoms with E-state index in [1.54, 1.807) is 7.11 Å². The number of imidazole rings is 1. The maximum Gasteiger partial charge on any atom is 0.121 e. The minimum absolute atomic E-state index is 0.595. The molecule has 0 saturated carbocycles. The number of aryl methyl sites for hydroxylation is 2. The fraction of sp³-hybridized carbons (Fsp3) is 0.562. The highest BCUT2D eigenvalue weighted by molar-refractivity contribution is 6.17. The molecule has 116 valence electrons. The van der Waals surface area contributed by atoms with Crippen molar-refractivity contribution in [3.8, 4) is 5.75 Å². The molecule has 0 radical (unpaired) electrons. The van der Waals surface area contributed by atoms with E-state index < -0.39 is 0 Å². The van der Waals surface area contributed by atoms with Crippen LogP contribution in [0.2, 0.25) is 0 Å². The van der Waals surface area contributed by atoms with Gasteiger partial charge in [0.2, 0.25) is 0 Å². The van der Waals surface area contributed by atoms with Gasteiger partial charge in [-0.05, 0) is 45.6 Å². The average molecular weight is 310 g/mol. The quantitative estimate of drug-likeness (QED) is 0.554. The smallest absolute Gasteiger partial charge is 0.121 e. The van der Waals surface area contributed by atoms with Crippen molar-refractivity contribution in [3.05, 3.63) is 24.0 Å². The first-order valence-corrected chi connectivity index (χ1v) is 7.93. The minimum atomic E-state index is 0.595. The fourth-order valence-corrected chi connectivity index (χ4v) is 2.67. The van der Waals surface area contributed by atoms with Crippen molar-refractivity contribution in [1.82, 2.24) is 14.5 Å². The number of fused-ring (bicyclic) bond motifs is 1. The van der Waals surface area contributed by atoms with E-state index in [4.69, 9.17) is 21.3 Å². The lowest BCUT2D eigenvalue weighted by Gasteiger charge is -2.11. The van der Waals surface area contributed by atoms with Crippen molar-refractivity contribution in [2.45, 2.75) is 25.8 Å². The second kappa shape index (κ2) is 7.66. The van der Waals surface area contributed by atoms with Gasteiger partial charge in [0.15, 0.2) is 0 Å². The number of aromatic nitrogens is 2. The number of hydrogen-bond acceptors (Lipinski definition) is 3. The van der Waals surface area contributed by atoms with Crippen LogP contribution in [0.15, 0.2) is 18.2 Å². The molecule has 0 aliphatic carbocycles. The molecule has 0 bridgehead atoms. The molecule has 0 N–H and O–H groups in total. The normalized spacial score (nSPS) is 11.5. The maximum absolute atomic E-state index is 5.91. The molecule has 0 saturated heterocycles. The third kappa shape index (κ3) is 4.11. The molecular formula is C16H24ClN3O. The highest BCUT2D eigenvalue weighted by Gasteiger charge is 2.11. The molecule has 1 aromatic heterocycles. The molecule has 2 rings (SSSR count). The topological polar surface area (TPSA) is 30.3 Å². The van der Waals surface area contributed by atoms with Crippen molar-refractivity contribution in [3.63, 3.8) is 0 Å². The van der Waals surface area contributed by atoms with E-state index in [1.165, 1.54) is 6.42 Å². The zero-order chi connectivity index (χ0) is 15.2.